The van der Waals surface area contributed by atoms with Crippen molar-refractivity contribution in [2.75, 3.05) is 0 Å². The number of hydrogen-bond donors (Lipinski definition) is 0. The molecule has 0 unspecified atom stereocenters. The summed E-state index contributed by atoms with van der Waals surface area (Å²) in [6.45, 7) is 0. The molecule has 0 N–H and O–H groups in total. The van der Waals surface area contributed by atoms with Gasteiger partial charge in [0, 0.05) is 47.6 Å². The number of pyridine rings is 1. The molecule has 0 aliphatic rings. The zero-order valence-corrected chi connectivity index (χ0v) is 27.7. The van der Waals surface area contributed by atoms with Gasteiger partial charge < -0.3 is 4.57 Å². The van der Waals surface area contributed by atoms with E-state index in [9.17, 15) is 5.26 Å². The van der Waals surface area contributed by atoms with Gasteiger partial charge in [0.25, 0.3) is 0 Å². The smallest absolute Gasteiger partial charge is 0.0999 e. The van der Waals surface area contributed by atoms with Crippen molar-refractivity contribution in [2.24, 2.45) is 0 Å². The molecule has 0 aliphatic carbocycles. The fraction of sp³-hybridized carbons (Fsp3) is 0. The second-order valence-corrected chi connectivity index (χ2v) is 13.8. The summed E-state index contributed by atoms with van der Waals surface area (Å²) in [7, 11) is 0. The lowest BCUT2D eigenvalue weighted by Gasteiger charge is -2.11. The van der Waals surface area contributed by atoms with Gasteiger partial charge in [-0.2, -0.15) is 5.26 Å². The second-order valence-electron chi connectivity index (χ2n) is 12.7. The molecule has 50 heavy (non-hydrogen) atoms. The Hall–Kier alpha value is -6.54. The number of nitrogens with zero attached hydrogens (tertiary/aromatic N) is 3. The maximum atomic E-state index is 9.74. The average Bonchev–Trinajstić information content (AvgIpc) is 3.72. The van der Waals surface area contributed by atoms with Crippen LogP contribution in [0.2, 0.25) is 0 Å². The lowest BCUT2D eigenvalue weighted by Crippen LogP contribution is -1.94. The van der Waals surface area contributed by atoms with Crippen LogP contribution in [0.5, 0.6) is 0 Å². The van der Waals surface area contributed by atoms with Gasteiger partial charge in [0.15, 0.2) is 0 Å². The van der Waals surface area contributed by atoms with Gasteiger partial charge in [0.2, 0.25) is 0 Å². The summed E-state index contributed by atoms with van der Waals surface area (Å²) in [4.78, 5) is 4.84. The normalized spacial score (nSPS) is 11.6. The van der Waals surface area contributed by atoms with Crippen molar-refractivity contribution in [1.29, 1.82) is 5.26 Å². The third kappa shape index (κ3) is 4.53. The summed E-state index contributed by atoms with van der Waals surface area (Å²) in [6.07, 6.45) is 0. The van der Waals surface area contributed by atoms with E-state index in [0.717, 1.165) is 39.0 Å². The van der Waals surface area contributed by atoms with Gasteiger partial charge in [-0.3, -0.25) is 0 Å². The molecule has 0 radical (unpaired) electrons. The molecular formula is C46H27N3S. The number of aromatic nitrogens is 2. The number of thiophene rings is 1. The highest BCUT2D eigenvalue weighted by atomic mass is 32.1. The van der Waals surface area contributed by atoms with Crippen molar-refractivity contribution < 1.29 is 0 Å². The Balaban J connectivity index is 1.01. The van der Waals surface area contributed by atoms with E-state index < -0.39 is 0 Å². The third-order valence-corrected chi connectivity index (χ3v) is 11.0. The predicted molar refractivity (Wildman–Crippen MR) is 210 cm³/mol. The number of rotatable bonds is 4. The molecular weight excluding hydrogens is 627 g/mol. The van der Waals surface area contributed by atoms with E-state index in [0.29, 0.717) is 5.56 Å². The zero-order valence-electron chi connectivity index (χ0n) is 26.8. The van der Waals surface area contributed by atoms with Gasteiger partial charge in [-0.05, 0) is 82.9 Å². The maximum Gasteiger partial charge on any atom is 0.0999 e. The van der Waals surface area contributed by atoms with Crippen LogP contribution in [0.3, 0.4) is 0 Å². The highest BCUT2D eigenvalue weighted by molar-refractivity contribution is 7.25. The van der Waals surface area contributed by atoms with E-state index in [1.807, 2.05) is 41.7 Å². The molecule has 3 nitrogen and oxygen atoms in total. The van der Waals surface area contributed by atoms with E-state index in [4.69, 9.17) is 4.98 Å². The van der Waals surface area contributed by atoms with Crippen molar-refractivity contribution >= 4 is 64.2 Å². The first kappa shape index (κ1) is 28.5. The standard InChI is InChI=1S/C46H27N3S/c47-28-34-27-42(48-41-10-4-1-7-36(34)41)31-15-13-29(14-16-31)30-17-21-35(22-18-30)49-43-11-5-2-8-37(43)39-25-32(19-23-44(39)49)33-20-24-46-40(26-33)38-9-3-6-12-45(38)50-46/h1-27H. The Morgan fingerprint density at radius 2 is 1.04 bits per heavy atom. The number of benzene rings is 7. The molecule has 232 valence electrons. The van der Waals surface area contributed by atoms with E-state index in [2.05, 4.69) is 144 Å². The lowest BCUT2D eigenvalue weighted by molar-refractivity contribution is 1.18. The van der Waals surface area contributed by atoms with Crippen LogP contribution in [0.1, 0.15) is 5.56 Å². The predicted octanol–water partition coefficient (Wildman–Crippen LogP) is 12.6. The summed E-state index contributed by atoms with van der Waals surface area (Å²) in [5, 5.41) is 15.7. The monoisotopic (exact) mass is 653 g/mol. The van der Waals surface area contributed by atoms with Crippen molar-refractivity contribution in [1.82, 2.24) is 9.55 Å². The largest absolute Gasteiger partial charge is 0.309 e. The summed E-state index contributed by atoms with van der Waals surface area (Å²) >= 11 is 1.86. The Morgan fingerprint density at radius 3 is 1.84 bits per heavy atom. The minimum atomic E-state index is 0.639. The summed E-state index contributed by atoms with van der Waals surface area (Å²) in [5.41, 5.74) is 11.5. The first-order chi connectivity index (χ1) is 24.7. The molecule has 0 fully saturated rings. The molecule has 10 rings (SSSR count). The quantitative estimate of drug-likeness (QED) is 0.190. The molecule has 0 atom stereocenters. The molecule has 0 saturated carbocycles. The van der Waals surface area contributed by atoms with Gasteiger partial charge in [0.1, 0.15) is 0 Å². The average molecular weight is 654 g/mol. The van der Waals surface area contributed by atoms with E-state index >= 15 is 0 Å². The van der Waals surface area contributed by atoms with Crippen molar-refractivity contribution in [2.45, 2.75) is 0 Å². The maximum absolute atomic E-state index is 9.74. The molecule has 4 heteroatoms. The van der Waals surface area contributed by atoms with Gasteiger partial charge in [0.05, 0.1) is 33.9 Å². The fourth-order valence-corrected chi connectivity index (χ4v) is 8.47. The van der Waals surface area contributed by atoms with Gasteiger partial charge >= 0.3 is 0 Å². The number of hydrogen-bond acceptors (Lipinski definition) is 3. The summed E-state index contributed by atoms with van der Waals surface area (Å²) in [6, 6.07) is 60.4. The highest BCUT2D eigenvalue weighted by Crippen LogP contribution is 2.39. The SMILES string of the molecule is N#Cc1cc(-c2ccc(-c3ccc(-n4c5ccccc5c5cc(-c6ccc7sc8ccccc8c7c6)ccc54)cc3)cc2)nc2ccccc12. The Labute approximate surface area is 292 Å². The van der Waals surface area contributed by atoms with E-state index in [-0.39, 0.29) is 0 Å². The van der Waals surface area contributed by atoms with Gasteiger partial charge in [-0.1, -0.05) is 103 Å². The van der Waals surface area contributed by atoms with E-state index in [1.54, 1.807) is 0 Å². The zero-order chi connectivity index (χ0) is 33.2. The first-order valence-corrected chi connectivity index (χ1v) is 17.5. The molecule has 0 aliphatic heterocycles. The topological polar surface area (TPSA) is 41.6 Å². The van der Waals surface area contributed by atoms with Crippen LogP contribution < -0.4 is 0 Å². The molecule has 0 saturated heterocycles. The molecule has 3 aromatic heterocycles. The summed E-state index contributed by atoms with van der Waals surface area (Å²) in [5.74, 6) is 0. The molecule has 3 heterocycles. The van der Waals surface area contributed by atoms with Crippen molar-refractivity contribution in [3.63, 3.8) is 0 Å². The Kier molecular flexibility index (Phi) is 6.42. The highest BCUT2D eigenvalue weighted by Gasteiger charge is 2.15. The second kappa shape index (κ2) is 11.3. The molecule has 7 aromatic carbocycles. The van der Waals surface area contributed by atoms with Crippen LogP contribution in [0.15, 0.2) is 164 Å². The Bertz CT molecular complexity index is 2980. The summed E-state index contributed by atoms with van der Waals surface area (Å²) < 4.78 is 5.02. The molecule has 0 amide bonds. The lowest BCUT2D eigenvalue weighted by atomic mass is 10.0. The number of para-hydroxylation sites is 2. The first-order valence-electron chi connectivity index (χ1n) is 16.7. The minimum Gasteiger partial charge on any atom is -0.309 e. The number of nitriles is 1. The van der Waals surface area contributed by atoms with Crippen LogP contribution >= 0.6 is 11.3 Å². The third-order valence-electron chi connectivity index (χ3n) is 9.86. The fourth-order valence-electron chi connectivity index (χ4n) is 7.39. The number of fused-ring (bicyclic) bond motifs is 7. The molecule has 0 spiro atoms. The van der Waals surface area contributed by atoms with E-state index in [1.165, 1.54) is 53.1 Å². The minimum absolute atomic E-state index is 0.639. The van der Waals surface area contributed by atoms with Crippen LogP contribution in [-0.4, -0.2) is 9.55 Å². The Morgan fingerprint density at radius 1 is 0.460 bits per heavy atom. The molecule has 10 aromatic rings. The van der Waals surface area contributed by atoms with Gasteiger partial charge in [-0.25, -0.2) is 4.98 Å². The van der Waals surface area contributed by atoms with Crippen LogP contribution in [0, 0.1) is 11.3 Å². The van der Waals surface area contributed by atoms with Crippen LogP contribution in [0.25, 0.3) is 92.1 Å². The van der Waals surface area contributed by atoms with Crippen molar-refractivity contribution in [3.8, 4) is 45.3 Å². The van der Waals surface area contributed by atoms with Gasteiger partial charge in [-0.15, -0.1) is 11.3 Å². The molecule has 0 bridgehead atoms. The van der Waals surface area contributed by atoms with Crippen LogP contribution in [0.4, 0.5) is 0 Å². The van der Waals surface area contributed by atoms with Crippen molar-refractivity contribution in [3.05, 3.63) is 169 Å². The van der Waals surface area contributed by atoms with Crippen LogP contribution in [-0.2, 0) is 0 Å².